The average molecular weight is 219 g/mol. The molecule has 86 valence electrons. The fourth-order valence-electron chi connectivity index (χ4n) is 1.38. The molecule has 0 bridgehead atoms. The largest absolute Gasteiger partial charge is 0.365 e. The van der Waals surface area contributed by atoms with E-state index in [0.29, 0.717) is 12.4 Å². The van der Waals surface area contributed by atoms with Crippen LogP contribution in [-0.4, -0.2) is 16.1 Å². The average Bonchev–Trinajstić information content (AvgIpc) is 2.31. The van der Waals surface area contributed by atoms with Gasteiger partial charge in [0.25, 0.3) is 5.56 Å². The standard InChI is InChI=1S/C12H17N3O/c1-3-5-6-7-8-13-11-12(16)15(4-2)10-9-14-11/h1,9-10H,4-8H2,2H3,(H,13,14). The molecule has 0 aliphatic carbocycles. The molecule has 0 aromatic carbocycles. The lowest BCUT2D eigenvalue weighted by molar-refractivity contribution is 0.715. The predicted octanol–water partition coefficient (Wildman–Crippen LogP) is 1.48. The van der Waals surface area contributed by atoms with E-state index in [-0.39, 0.29) is 5.56 Å². The number of anilines is 1. The van der Waals surface area contributed by atoms with Crippen LogP contribution in [0.4, 0.5) is 5.82 Å². The summed E-state index contributed by atoms with van der Waals surface area (Å²) >= 11 is 0. The van der Waals surface area contributed by atoms with E-state index in [1.54, 1.807) is 17.0 Å². The molecule has 4 heteroatoms. The van der Waals surface area contributed by atoms with Crippen molar-refractivity contribution in [3.8, 4) is 12.3 Å². The second-order valence-corrected chi connectivity index (χ2v) is 3.46. The summed E-state index contributed by atoms with van der Waals surface area (Å²) in [5.41, 5.74) is -0.0676. The summed E-state index contributed by atoms with van der Waals surface area (Å²) in [6.07, 6.45) is 11.2. The fraction of sp³-hybridized carbons (Fsp3) is 0.500. The summed E-state index contributed by atoms with van der Waals surface area (Å²) in [6.45, 7) is 3.32. The van der Waals surface area contributed by atoms with Gasteiger partial charge in [-0.15, -0.1) is 12.3 Å². The van der Waals surface area contributed by atoms with Gasteiger partial charge in [0.15, 0.2) is 5.82 Å². The Hall–Kier alpha value is -1.76. The quantitative estimate of drug-likeness (QED) is 0.582. The fourth-order valence-corrected chi connectivity index (χ4v) is 1.38. The van der Waals surface area contributed by atoms with Gasteiger partial charge in [0.05, 0.1) is 0 Å². The molecule has 1 heterocycles. The van der Waals surface area contributed by atoms with Crippen molar-refractivity contribution in [3.63, 3.8) is 0 Å². The van der Waals surface area contributed by atoms with Crippen LogP contribution in [0.1, 0.15) is 26.2 Å². The molecule has 0 fully saturated rings. The molecule has 1 aromatic heterocycles. The first-order valence-corrected chi connectivity index (χ1v) is 5.52. The monoisotopic (exact) mass is 219 g/mol. The number of nitrogens with one attached hydrogen (secondary N) is 1. The molecule has 1 aromatic rings. The molecule has 0 saturated carbocycles. The van der Waals surface area contributed by atoms with Crippen LogP contribution >= 0.6 is 0 Å². The summed E-state index contributed by atoms with van der Waals surface area (Å²) in [5.74, 6) is 3.01. The van der Waals surface area contributed by atoms with Gasteiger partial charge in [0.1, 0.15) is 0 Å². The van der Waals surface area contributed by atoms with Gasteiger partial charge < -0.3 is 9.88 Å². The maximum absolute atomic E-state index is 11.7. The first-order chi connectivity index (χ1) is 7.79. The van der Waals surface area contributed by atoms with Crippen LogP contribution in [0.25, 0.3) is 0 Å². The molecule has 0 unspecified atom stereocenters. The highest BCUT2D eigenvalue weighted by Gasteiger charge is 2.01. The van der Waals surface area contributed by atoms with E-state index < -0.39 is 0 Å². The molecule has 0 spiro atoms. The summed E-state index contributed by atoms with van der Waals surface area (Å²) in [6, 6.07) is 0. The number of terminal acetylenes is 1. The molecule has 0 amide bonds. The van der Waals surface area contributed by atoms with Crippen LogP contribution in [0.3, 0.4) is 0 Å². The van der Waals surface area contributed by atoms with Gasteiger partial charge in [0, 0.05) is 31.9 Å². The van der Waals surface area contributed by atoms with E-state index >= 15 is 0 Å². The Morgan fingerprint density at radius 1 is 1.56 bits per heavy atom. The van der Waals surface area contributed by atoms with Gasteiger partial charge in [-0.05, 0) is 19.8 Å². The van der Waals surface area contributed by atoms with Crippen molar-refractivity contribution in [1.29, 1.82) is 0 Å². The zero-order valence-corrected chi connectivity index (χ0v) is 9.57. The molecular formula is C12H17N3O. The Morgan fingerprint density at radius 2 is 2.38 bits per heavy atom. The normalized spacial score (nSPS) is 9.75. The van der Waals surface area contributed by atoms with Crippen LogP contribution in [0.2, 0.25) is 0 Å². The van der Waals surface area contributed by atoms with Crippen LogP contribution in [0.15, 0.2) is 17.2 Å². The van der Waals surface area contributed by atoms with Crippen molar-refractivity contribution in [2.45, 2.75) is 32.7 Å². The number of hydrogen-bond acceptors (Lipinski definition) is 3. The number of rotatable bonds is 6. The van der Waals surface area contributed by atoms with E-state index in [2.05, 4.69) is 16.2 Å². The van der Waals surface area contributed by atoms with Crippen LogP contribution in [0.5, 0.6) is 0 Å². The molecule has 1 N–H and O–H groups in total. The summed E-state index contributed by atoms with van der Waals surface area (Å²) < 4.78 is 1.62. The molecule has 0 saturated heterocycles. The number of nitrogens with zero attached hydrogens (tertiary/aromatic N) is 2. The highest BCUT2D eigenvalue weighted by atomic mass is 16.1. The van der Waals surface area contributed by atoms with Crippen molar-refractivity contribution in [2.24, 2.45) is 0 Å². The second kappa shape index (κ2) is 6.67. The number of aryl methyl sites for hydroxylation is 1. The molecular weight excluding hydrogens is 202 g/mol. The van der Waals surface area contributed by atoms with Gasteiger partial charge in [0.2, 0.25) is 0 Å². The molecule has 0 atom stereocenters. The smallest absolute Gasteiger partial charge is 0.293 e. The van der Waals surface area contributed by atoms with E-state index in [1.165, 1.54) is 0 Å². The molecule has 4 nitrogen and oxygen atoms in total. The van der Waals surface area contributed by atoms with Gasteiger partial charge in [-0.1, -0.05) is 0 Å². The van der Waals surface area contributed by atoms with Gasteiger partial charge in [-0.25, -0.2) is 4.98 Å². The zero-order valence-electron chi connectivity index (χ0n) is 9.57. The number of hydrogen-bond donors (Lipinski definition) is 1. The Kier molecular flexibility index (Phi) is 5.13. The number of aromatic nitrogens is 2. The van der Waals surface area contributed by atoms with Gasteiger partial charge >= 0.3 is 0 Å². The Labute approximate surface area is 95.7 Å². The third kappa shape index (κ3) is 3.43. The minimum Gasteiger partial charge on any atom is -0.365 e. The van der Waals surface area contributed by atoms with E-state index in [1.807, 2.05) is 6.92 Å². The van der Waals surface area contributed by atoms with E-state index in [0.717, 1.165) is 25.8 Å². The Morgan fingerprint density at radius 3 is 3.06 bits per heavy atom. The minimum absolute atomic E-state index is 0.0676. The lowest BCUT2D eigenvalue weighted by Crippen LogP contribution is -2.24. The highest BCUT2D eigenvalue weighted by molar-refractivity contribution is 5.30. The third-order valence-corrected chi connectivity index (χ3v) is 2.29. The van der Waals surface area contributed by atoms with Crippen LogP contribution in [-0.2, 0) is 6.54 Å². The van der Waals surface area contributed by atoms with Crippen molar-refractivity contribution < 1.29 is 0 Å². The SMILES string of the molecule is C#CCCCCNc1nccn(CC)c1=O. The van der Waals surface area contributed by atoms with Gasteiger partial charge in [-0.3, -0.25) is 4.79 Å². The zero-order chi connectivity index (χ0) is 11.8. The summed E-state index contributed by atoms with van der Waals surface area (Å²) in [5, 5.41) is 3.03. The maximum atomic E-state index is 11.7. The van der Waals surface area contributed by atoms with Crippen molar-refractivity contribution in [1.82, 2.24) is 9.55 Å². The molecule has 0 radical (unpaired) electrons. The summed E-state index contributed by atoms with van der Waals surface area (Å²) in [7, 11) is 0. The lowest BCUT2D eigenvalue weighted by Gasteiger charge is -2.06. The topological polar surface area (TPSA) is 46.9 Å². The minimum atomic E-state index is -0.0676. The predicted molar refractivity (Wildman–Crippen MR) is 65.3 cm³/mol. The van der Waals surface area contributed by atoms with Crippen LogP contribution < -0.4 is 10.9 Å². The highest BCUT2D eigenvalue weighted by Crippen LogP contribution is 1.97. The van der Waals surface area contributed by atoms with E-state index in [4.69, 9.17) is 6.42 Å². The molecule has 1 rings (SSSR count). The molecule has 0 aliphatic rings. The molecule has 0 aliphatic heterocycles. The first-order valence-electron chi connectivity index (χ1n) is 5.52. The second-order valence-electron chi connectivity index (χ2n) is 3.46. The Bertz CT molecular complexity index is 417. The van der Waals surface area contributed by atoms with Gasteiger partial charge in [-0.2, -0.15) is 0 Å². The van der Waals surface area contributed by atoms with Crippen molar-refractivity contribution >= 4 is 5.82 Å². The third-order valence-electron chi connectivity index (χ3n) is 2.29. The van der Waals surface area contributed by atoms with Crippen molar-refractivity contribution in [3.05, 3.63) is 22.7 Å². The number of unbranched alkanes of at least 4 members (excludes halogenated alkanes) is 2. The maximum Gasteiger partial charge on any atom is 0.293 e. The summed E-state index contributed by atoms with van der Waals surface area (Å²) in [4.78, 5) is 15.7. The van der Waals surface area contributed by atoms with E-state index in [9.17, 15) is 4.79 Å². The van der Waals surface area contributed by atoms with Crippen molar-refractivity contribution in [2.75, 3.05) is 11.9 Å². The first kappa shape index (κ1) is 12.3. The molecule has 16 heavy (non-hydrogen) atoms. The Balaban J connectivity index is 2.49. The van der Waals surface area contributed by atoms with Crippen LogP contribution in [0, 0.1) is 12.3 Å². The lowest BCUT2D eigenvalue weighted by atomic mass is 10.2.